The molecule has 0 radical (unpaired) electrons. The predicted molar refractivity (Wildman–Crippen MR) is 83.0 cm³/mol. The molecule has 1 N–H and O–H groups in total. The number of hydrogen-bond donors (Lipinski definition) is 1. The number of rotatable bonds is 5. The molecule has 7 nitrogen and oxygen atoms in total. The van der Waals surface area contributed by atoms with Crippen molar-refractivity contribution < 1.29 is 9.53 Å². The van der Waals surface area contributed by atoms with Gasteiger partial charge in [-0.2, -0.15) is 4.98 Å². The van der Waals surface area contributed by atoms with Gasteiger partial charge in [0.15, 0.2) is 0 Å². The van der Waals surface area contributed by atoms with Crippen LogP contribution >= 0.6 is 11.8 Å². The predicted octanol–water partition coefficient (Wildman–Crippen LogP) is 1.13. The Kier molecular flexibility index (Phi) is 4.58. The van der Waals surface area contributed by atoms with Gasteiger partial charge in [-0.1, -0.05) is 11.8 Å². The molecule has 0 spiro atoms. The lowest BCUT2D eigenvalue weighted by Crippen LogP contribution is -2.32. The van der Waals surface area contributed by atoms with Crippen LogP contribution in [0.4, 0.5) is 0 Å². The lowest BCUT2D eigenvalue weighted by Gasteiger charge is -2.09. The number of aromatic nitrogens is 4. The van der Waals surface area contributed by atoms with Crippen LogP contribution in [0.25, 0.3) is 5.78 Å². The molecule has 1 fully saturated rings. The van der Waals surface area contributed by atoms with E-state index >= 15 is 0 Å². The van der Waals surface area contributed by atoms with Crippen molar-refractivity contribution >= 4 is 23.4 Å². The Balaban J connectivity index is 1.54. The van der Waals surface area contributed by atoms with Gasteiger partial charge in [-0.3, -0.25) is 4.79 Å². The molecule has 1 aliphatic rings. The molecule has 3 rings (SSSR count). The maximum Gasteiger partial charge on any atom is 0.253 e. The Morgan fingerprint density at radius 2 is 2.36 bits per heavy atom. The molecule has 0 saturated carbocycles. The second-order valence-corrected chi connectivity index (χ2v) is 6.32. The topological polar surface area (TPSA) is 81.4 Å². The van der Waals surface area contributed by atoms with Crippen LogP contribution in [0.15, 0.2) is 11.2 Å². The molecule has 2 aromatic rings. The van der Waals surface area contributed by atoms with Gasteiger partial charge in [0.05, 0.1) is 11.9 Å². The molecule has 118 valence electrons. The van der Waals surface area contributed by atoms with Crippen LogP contribution in [0, 0.1) is 13.8 Å². The Morgan fingerprint density at radius 1 is 1.50 bits per heavy atom. The Labute approximate surface area is 132 Å². The number of hydrogen-bond acceptors (Lipinski definition) is 6. The molecular formula is C14H19N5O2S. The summed E-state index contributed by atoms with van der Waals surface area (Å²) in [5.74, 6) is 0.835. The minimum absolute atomic E-state index is 0.0276. The van der Waals surface area contributed by atoms with E-state index in [1.54, 1.807) is 4.52 Å². The first kappa shape index (κ1) is 15.2. The molecule has 8 heteroatoms. The summed E-state index contributed by atoms with van der Waals surface area (Å²) < 4.78 is 7.17. The fourth-order valence-corrected chi connectivity index (χ4v) is 3.07. The number of carbonyl (C=O) groups excluding carboxylic acids is 1. The first-order chi connectivity index (χ1) is 10.6. The van der Waals surface area contributed by atoms with Crippen LogP contribution in [0.1, 0.15) is 24.2 Å². The third-order valence-electron chi connectivity index (χ3n) is 3.48. The quantitative estimate of drug-likeness (QED) is 0.831. The standard InChI is InChI=1S/C14H19N5O2S/c1-9-6-10(2)19-13(16-9)17-14(18-19)22-8-12(20)15-7-11-4-3-5-21-11/h6,11H,3-5,7-8H2,1-2H3,(H,15,20)/t11-/m0/s1. The van der Waals surface area contributed by atoms with Gasteiger partial charge in [-0.25, -0.2) is 9.50 Å². The molecule has 0 aliphatic carbocycles. The Hall–Kier alpha value is -1.67. The number of ether oxygens (including phenoxy) is 1. The van der Waals surface area contributed by atoms with Crippen LogP contribution in [-0.4, -0.2) is 50.5 Å². The number of carbonyl (C=O) groups is 1. The summed E-state index contributed by atoms with van der Waals surface area (Å²) in [5, 5.41) is 7.81. The minimum Gasteiger partial charge on any atom is -0.376 e. The largest absolute Gasteiger partial charge is 0.376 e. The Bertz CT molecular complexity index is 681. The lowest BCUT2D eigenvalue weighted by molar-refractivity contribution is -0.119. The molecule has 22 heavy (non-hydrogen) atoms. The molecule has 0 aromatic carbocycles. The number of nitrogens with one attached hydrogen (secondary N) is 1. The highest BCUT2D eigenvalue weighted by molar-refractivity contribution is 7.99. The summed E-state index contributed by atoms with van der Waals surface area (Å²) in [4.78, 5) is 20.5. The van der Waals surface area contributed by atoms with Crippen molar-refractivity contribution in [2.24, 2.45) is 0 Å². The number of aryl methyl sites for hydroxylation is 2. The summed E-state index contributed by atoms with van der Waals surface area (Å²) in [6.45, 7) is 5.26. The molecule has 0 bridgehead atoms. The van der Waals surface area contributed by atoms with Crippen molar-refractivity contribution in [1.29, 1.82) is 0 Å². The van der Waals surface area contributed by atoms with Crippen molar-refractivity contribution in [1.82, 2.24) is 24.9 Å². The van der Waals surface area contributed by atoms with E-state index in [4.69, 9.17) is 4.74 Å². The molecule has 2 aromatic heterocycles. The van der Waals surface area contributed by atoms with Gasteiger partial charge in [-0.05, 0) is 32.8 Å². The highest BCUT2D eigenvalue weighted by Crippen LogP contribution is 2.15. The molecule has 1 amide bonds. The molecule has 1 atom stereocenters. The summed E-state index contributed by atoms with van der Waals surface area (Å²) in [7, 11) is 0. The van der Waals surface area contributed by atoms with Crippen molar-refractivity contribution in [3.63, 3.8) is 0 Å². The number of thioether (sulfide) groups is 1. The molecule has 3 heterocycles. The van der Waals surface area contributed by atoms with Gasteiger partial charge in [0.1, 0.15) is 0 Å². The van der Waals surface area contributed by atoms with Crippen LogP contribution in [0.5, 0.6) is 0 Å². The van der Waals surface area contributed by atoms with E-state index in [-0.39, 0.29) is 12.0 Å². The van der Waals surface area contributed by atoms with Gasteiger partial charge >= 0.3 is 0 Å². The zero-order chi connectivity index (χ0) is 15.5. The number of nitrogens with zero attached hydrogens (tertiary/aromatic N) is 4. The zero-order valence-electron chi connectivity index (χ0n) is 12.7. The third kappa shape index (κ3) is 3.56. The van der Waals surface area contributed by atoms with E-state index in [1.807, 2.05) is 19.9 Å². The van der Waals surface area contributed by atoms with Crippen molar-refractivity contribution in [3.05, 3.63) is 17.5 Å². The summed E-state index contributed by atoms with van der Waals surface area (Å²) in [6.07, 6.45) is 2.26. The lowest BCUT2D eigenvalue weighted by atomic mass is 10.2. The molecule has 1 saturated heterocycles. The Morgan fingerprint density at radius 3 is 3.14 bits per heavy atom. The molecule has 0 unspecified atom stereocenters. The molecular weight excluding hydrogens is 302 g/mol. The van der Waals surface area contributed by atoms with E-state index in [1.165, 1.54) is 11.8 Å². The fourth-order valence-electron chi connectivity index (χ4n) is 2.42. The SMILES string of the molecule is Cc1cc(C)n2nc(SCC(=O)NC[C@@H]3CCCO3)nc2n1. The van der Waals surface area contributed by atoms with Crippen LogP contribution in [0.2, 0.25) is 0 Å². The fraction of sp³-hybridized carbons (Fsp3) is 0.571. The molecule has 1 aliphatic heterocycles. The maximum atomic E-state index is 11.8. The van der Waals surface area contributed by atoms with Gasteiger partial charge in [-0.15, -0.1) is 5.10 Å². The summed E-state index contributed by atoms with van der Waals surface area (Å²) in [6, 6.07) is 1.95. The van der Waals surface area contributed by atoms with Crippen LogP contribution in [0.3, 0.4) is 0 Å². The third-order valence-corrected chi connectivity index (χ3v) is 4.32. The highest BCUT2D eigenvalue weighted by atomic mass is 32.2. The van der Waals surface area contributed by atoms with E-state index in [2.05, 4.69) is 20.4 Å². The normalized spacial score (nSPS) is 18.0. The van der Waals surface area contributed by atoms with E-state index < -0.39 is 0 Å². The minimum atomic E-state index is -0.0276. The first-order valence-electron chi connectivity index (χ1n) is 7.34. The van der Waals surface area contributed by atoms with Crippen molar-refractivity contribution in [2.75, 3.05) is 18.9 Å². The van der Waals surface area contributed by atoms with Gasteiger partial charge in [0.25, 0.3) is 5.78 Å². The number of fused-ring (bicyclic) bond motifs is 1. The average molecular weight is 321 g/mol. The first-order valence-corrected chi connectivity index (χ1v) is 8.32. The summed E-state index contributed by atoms with van der Waals surface area (Å²) in [5.41, 5.74) is 1.88. The van der Waals surface area contributed by atoms with E-state index in [0.717, 1.165) is 30.8 Å². The van der Waals surface area contributed by atoms with E-state index in [9.17, 15) is 4.79 Å². The maximum absolute atomic E-state index is 11.8. The van der Waals surface area contributed by atoms with Gasteiger partial charge in [0, 0.05) is 24.5 Å². The smallest absolute Gasteiger partial charge is 0.253 e. The van der Waals surface area contributed by atoms with Crippen molar-refractivity contribution in [3.8, 4) is 0 Å². The van der Waals surface area contributed by atoms with Crippen LogP contribution in [-0.2, 0) is 9.53 Å². The second kappa shape index (κ2) is 6.62. The van der Waals surface area contributed by atoms with Gasteiger partial charge in [0.2, 0.25) is 11.1 Å². The number of amides is 1. The summed E-state index contributed by atoms with van der Waals surface area (Å²) >= 11 is 1.32. The average Bonchev–Trinajstić information content (AvgIpc) is 3.11. The second-order valence-electron chi connectivity index (χ2n) is 5.37. The van der Waals surface area contributed by atoms with E-state index in [0.29, 0.717) is 23.2 Å². The monoisotopic (exact) mass is 321 g/mol. The van der Waals surface area contributed by atoms with Crippen LogP contribution < -0.4 is 5.32 Å². The van der Waals surface area contributed by atoms with Gasteiger partial charge < -0.3 is 10.1 Å². The zero-order valence-corrected chi connectivity index (χ0v) is 13.5. The highest BCUT2D eigenvalue weighted by Gasteiger charge is 2.16. The van der Waals surface area contributed by atoms with Crippen molar-refractivity contribution in [2.45, 2.75) is 37.9 Å².